The number of hydrogen-bond donors (Lipinski definition) is 2. The molecular weight excluding hydrogens is 547 g/mol. The maximum atomic E-state index is 12.3. The molecule has 3 rings (SSSR count). The molecule has 0 saturated carbocycles. The topological polar surface area (TPSA) is 76.7 Å². The molecule has 2 aromatic carbocycles. The number of hydrogen-bond acceptors (Lipinski definition) is 6. The molecule has 2 N–H and O–H groups in total. The molecule has 1 aliphatic heterocycles. The molecule has 0 aromatic heterocycles. The van der Waals surface area contributed by atoms with Crippen LogP contribution in [0, 0.1) is 3.57 Å². The molecule has 0 bridgehead atoms. The van der Waals surface area contributed by atoms with Crippen LogP contribution in [0.3, 0.4) is 0 Å². The summed E-state index contributed by atoms with van der Waals surface area (Å²) >= 11 is 8.37. The molecular formula is C22H21IN2O4S2. The van der Waals surface area contributed by atoms with E-state index in [1.165, 1.54) is 17.3 Å². The number of nitrogens with one attached hydrogen (secondary N) is 2. The van der Waals surface area contributed by atoms with Crippen molar-refractivity contribution in [1.82, 2.24) is 5.32 Å². The van der Waals surface area contributed by atoms with Crippen LogP contribution in [0.1, 0.15) is 25.0 Å². The molecule has 1 saturated heterocycles. The van der Waals surface area contributed by atoms with Gasteiger partial charge in [-0.05, 0) is 77.4 Å². The van der Waals surface area contributed by atoms with Gasteiger partial charge in [-0.1, -0.05) is 43.0 Å². The molecule has 31 heavy (non-hydrogen) atoms. The average Bonchev–Trinajstić information content (AvgIpc) is 3.04. The number of thiocarbonyl (C=S) groups is 1. The van der Waals surface area contributed by atoms with E-state index in [0.29, 0.717) is 27.3 Å². The van der Waals surface area contributed by atoms with Crippen molar-refractivity contribution < 1.29 is 19.1 Å². The molecule has 1 aliphatic rings. The fourth-order valence-corrected chi connectivity index (χ4v) is 4.63. The second-order valence-corrected chi connectivity index (χ2v) is 9.38. The summed E-state index contributed by atoms with van der Waals surface area (Å²) in [6.45, 7) is 4.23. The van der Waals surface area contributed by atoms with E-state index < -0.39 is 0 Å². The summed E-state index contributed by atoms with van der Waals surface area (Å²) in [4.78, 5) is 24.8. The molecule has 0 unspecified atom stereocenters. The largest absolute Gasteiger partial charge is 0.490 e. The summed E-state index contributed by atoms with van der Waals surface area (Å²) in [5, 5.41) is 5.42. The number of amides is 2. The van der Waals surface area contributed by atoms with E-state index >= 15 is 0 Å². The maximum Gasteiger partial charge on any atom is 0.263 e. The summed E-state index contributed by atoms with van der Waals surface area (Å²) in [6, 6.07) is 11.4. The SMILES string of the molecule is CCOc1cc(/C=C2\SC(=S)NC2=O)cc(I)c1OCC(=O)Nc1ccc(CC)cc1. The highest BCUT2D eigenvalue weighted by Gasteiger charge is 2.22. The van der Waals surface area contributed by atoms with E-state index in [1.807, 2.05) is 37.3 Å². The number of carbonyl (C=O) groups excluding carboxylic acids is 2. The first kappa shape index (κ1) is 23.6. The fourth-order valence-electron chi connectivity index (χ4n) is 2.81. The number of halogens is 1. The minimum Gasteiger partial charge on any atom is -0.490 e. The van der Waals surface area contributed by atoms with Gasteiger partial charge in [0.2, 0.25) is 0 Å². The van der Waals surface area contributed by atoms with E-state index in [9.17, 15) is 9.59 Å². The van der Waals surface area contributed by atoms with Gasteiger partial charge in [0, 0.05) is 5.69 Å². The molecule has 1 fully saturated rings. The molecule has 6 nitrogen and oxygen atoms in total. The predicted molar refractivity (Wildman–Crippen MR) is 137 cm³/mol. The molecule has 1 heterocycles. The van der Waals surface area contributed by atoms with Gasteiger partial charge in [-0.3, -0.25) is 9.59 Å². The van der Waals surface area contributed by atoms with Crippen molar-refractivity contribution >= 4 is 74.5 Å². The molecule has 9 heteroatoms. The summed E-state index contributed by atoms with van der Waals surface area (Å²) in [6.07, 6.45) is 2.69. The van der Waals surface area contributed by atoms with Crippen LogP contribution >= 0.6 is 46.6 Å². The van der Waals surface area contributed by atoms with Crippen LogP contribution in [0.15, 0.2) is 41.3 Å². The van der Waals surface area contributed by atoms with Crippen LogP contribution < -0.4 is 20.1 Å². The third-order valence-corrected chi connectivity index (χ3v) is 6.23. The van der Waals surface area contributed by atoms with Gasteiger partial charge in [-0.15, -0.1) is 0 Å². The molecule has 0 spiro atoms. The van der Waals surface area contributed by atoms with Crippen LogP contribution in [-0.2, 0) is 16.0 Å². The average molecular weight is 568 g/mol. The van der Waals surface area contributed by atoms with Crippen molar-refractivity contribution in [3.8, 4) is 11.5 Å². The van der Waals surface area contributed by atoms with Gasteiger partial charge in [0.1, 0.15) is 4.32 Å². The minimum absolute atomic E-state index is 0.154. The van der Waals surface area contributed by atoms with E-state index in [2.05, 4.69) is 40.1 Å². The Morgan fingerprint density at radius 3 is 2.58 bits per heavy atom. The van der Waals surface area contributed by atoms with Gasteiger partial charge >= 0.3 is 0 Å². The first-order valence-corrected chi connectivity index (χ1v) is 11.9. The van der Waals surface area contributed by atoms with Crippen molar-refractivity contribution in [2.45, 2.75) is 20.3 Å². The van der Waals surface area contributed by atoms with E-state index in [0.717, 1.165) is 21.2 Å². The molecule has 0 atom stereocenters. The van der Waals surface area contributed by atoms with Crippen LogP contribution in [0.2, 0.25) is 0 Å². The number of thioether (sulfide) groups is 1. The lowest BCUT2D eigenvalue weighted by Gasteiger charge is -2.15. The second-order valence-electron chi connectivity index (χ2n) is 6.50. The Morgan fingerprint density at radius 2 is 1.97 bits per heavy atom. The monoisotopic (exact) mass is 568 g/mol. The van der Waals surface area contributed by atoms with Crippen LogP contribution in [-0.4, -0.2) is 29.3 Å². The Morgan fingerprint density at radius 1 is 1.23 bits per heavy atom. The Bertz CT molecular complexity index is 1040. The predicted octanol–water partition coefficient (Wildman–Crippen LogP) is 4.76. The molecule has 2 aromatic rings. The molecule has 162 valence electrons. The third kappa shape index (κ3) is 6.44. The Labute approximate surface area is 204 Å². The van der Waals surface area contributed by atoms with Gasteiger partial charge < -0.3 is 20.1 Å². The van der Waals surface area contributed by atoms with E-state index in [1.54, 1.807) is 12.1 Å². The normalized spacial score (nSPS) is 14.5. The van der Waals surface area contributed by atoms with Crippen molar-refractivity contribution in [1.29, 1.82) is 0 Å². The van der Waals surface area contributed by atoms with Crippen molar-refractivity contribution in [2.24, 2.45) is 0 Å². The minimum atomic E-state index is -0.263. The van der Waals surface area contributed by atoms with Gasteiger partial charge in [-0.25, -0.2) is 0 Å². The second kappa shape index (κ2) is 11.0. The Hall–Kier alpha value is -2.11. The first-order chi connectivity index (χ1) is 14.9. The number of carbonyl (C=O) groups is 2. The standard InChI is InChI=1S/C22H21IN2O4S2/c1-3-13-5-7-15(8-6-13)24-19(26)12-29-20-16(23)9-14(10-17(20)28-4-2)11-18-21(27)25-22(30)31-18/h5-11H,3-4,12H2,1-2H3,(H,24,26)(H,25,27,30)/b18-11-. The molecule has 0 radical (unpaired) electrons. The van der Waals surface area contributed by atoms with E-state index in [-0.39, 0.29) is 18.4 Å². The first-order valence-electron chi connectivity index (χ1n) is 9.62. The maximum absolute atomic E-state index is 12.3. The zero-order valence-corrected chi connectivity index (χ0v) is 20.8. The highest BCUT2D eigenvalue weighted by molar-refractivity contribution is 14.1. The lowest BCUT2D eigenvalue weighted by atomic mass is 10.1. The van der Waals surface area contributed by atoms with Gasteiger partial charge in [0.15, 0.2) is 18.1 Å². The zero-order chi connectivity index (χ0) is 22.4. The quantitative estimate of drug-likeness (QED) is 0.272. The smallest absolute Gasteiger partial charge is 0.263 e. The van der Waals surface area contributed by atoms with Crippen LogP contribution in [0.25, 0.3) is 6.08 Å². The van der Waals surface area contributed by atoms with Crippen LogP contribution in [0.5, 0.6) is 11.5 Å². The number of benzene rings is 2. The lowest BCUT2D eigenvalue weighted by Crippen LogP contribution is -2.20. The summed E-state index contributed by atoms with van der Waals surface area (Å²) < 4.78 is 12.7. The van der Waals surface area contributed by atoms with Crippen molar-refractivity contribution in [3.63, 3.8) is 0 Å². The third-order valence-electron chi connectivity index (χ3n) is 4.27. The van der Waals surface area contributed by atoms with Crippen LogP contribution in [0.4, 0.5) is 5.69 Å². The van der Waals surface area contributed by atoms with Gasteiger partial charge in [-0.2, -0.15) is 0 Å². The highest BCUT2D eigenvalue weighted by Crippen LogP contribution is 2.36. The number of aryl methyl sites for hydroxylation is 1. The lowest BCUT2D eigenvalue weighted by molar-refractivity contribution is -0.118. The molecule has 0 aliphatic carbocycles. The number of anilines is 1. The Balaban J connectivity index is 1.72. The van der Waals surface area contributed by atoms with Gasteiger partial charge in [0.25, 0.3) is 11.8 Å². The summed E-state index contributed by atoms with van der Waals surface area (Å²) in [5.74, 6) is 0.514. The molecule has 2 amide bonds. The summed E-state index contributed by atoms with van der Waals surface area (Å²) in [5.41, 5.74) is 2.70. The summed E-state index contributed by atoms with van der Waals surface area (Å²) in [7, 11) is 0. The van der Waals surface area contributed by atoms with E-state index in [4.69, 9.17) is 21.7 Å². The zero-order valence-electron chi connectivity index (χ0n) is 17.0. The van der Waals surface area contributed by atoms with Crippen molar-refractivity contribution in [3.05, 3.63) is 56.0 Å². The van der Waals surface area contributed by atoms with Crippen molar-refractivity contribution in [2.75, 3.05) is 18.5 Å². The van der Waals surface area contributed by atoms with Gasteiger partial charge in [0.05, 0.1) is 15.1 Å². The fraction of sp³-hybridized carbons (Fsp3) is 0.227. The highest BCUT2D eigenvalue weighted by atomic mass is 127. The Kier molecular flexibility index (Phi) is 8.33. The number of rotatable bonds is 8. The number of ether oxygens (including phenoxy) is 2.